The monoisotopic (exact) mass is 337 g/mol. The van der Waals surface area contributed by atoms with Crippen molar-refractivity contribution in [2.75, 3.05) is 6.54 Å². The number of hydrogen-bond donors (Lipinski definition) is 1. The fraction of sp³-hybridized carbons (Fsp3) is 0.190. The number of nitrogens with one attached hydrogen (secondary N) is 1. The zero-order valence-electron chi connectivity index (χ0n) is 14.0. The maximum atomic E-state index is 12.9. The van der Waals surface area contributed by atoms with Crippen molar-refractivity contribution in [1.82, 2.24) is 5.32 Å². The standard InChI is InChI=1S/C21H20FNO2/c1-15(21(24)23-14-13-16-9-11-18(22)12-10-16)25-20-8-4-6-17-5-2-3-7-19(17)20/h2-12,15H,13-14H2,1H3,(H,23,24). The summed E-state index contributed by atoms with van der Waals surface area (Å²) in [6.45, 7) is 2.21. The Labute approximate surface area is 146 Å². The van der Waals surface area contributed by atoms with Gasteiger partial charge in [0.25, 0.3) is 5.91 Å². The third-order valence-corrected chi connectivity index (χ3v) is 4.05. The molecule has 1 N–H and O–H groups in total. The first-order valence-electron chi connectivity index (χ1n) is 8.30. The van der Waals surface area contributed by atoms with E-state index in [1.807, 2.05) is 42.5 Å². The summed E-state index contributed by atoms with van der Waals surface area (Å²) in [5, 5.41) is 4.91. The van der Waals surface area contributed by atoms with E-state index in [0.717, 1.165) is 16.3 Å². The van der Waals surface area contributed by atoms with Crippen molar-refractivity contribution in [3.05, 3.63) is 78.1 Å². The van der Waals surface area contributed by atoms with Gasteiger partial charge in [0.15, 0.2) is 6.10 Å². The summed E-state index contributed by atoms with van der Waals surface area (Å²) in [4.78, 5) is 12.2. The molecule has 0 saturated heterocycles. The number of ether oxygens (including phenoxy) is 1. The van der Waals surface area contributed by atoms with E-state index in [1.165, 1.54) is 12.1 Å². The van der Waals surface area contributed by atoms with Gasteiger partial charge < -0.3 is 10.1 Å². The molecule has 4 heteroatoms. The van der Waals surface area contributed by atoms with Gasteiger partial charge in [0, 0.05) is 11.9 Å². The predicted molar refractivity (Wildman–Crippen MR) is 97.2 cm³/mol. The van der Waals surface area contributed by atoms with E-state index < -0.39 is 6.10 Å². The third-order valence-electron chi connectivity index (χ3n) is 4.05. The molecule has 0 radical (unpaired) electrons. The first-order chi connectivity index (χ1) is 12.1. The van der Waals surface area contributed by atoms with Crippen LogP contribution >= 0.6 is 0 Å². The Hall–Kier alpha value is -2.88. The minimum Gasteiger partial charge on any atom is -0.480 e. The lowest BCUT2D eigenvalue weighted by molar-refractivity contribution is -0.127. The minimum atomic E-state index is -0.598. The lowest BCUT2D eigenvalue weighted by atomic mass is 10.1. The van der Waals surface area contributed by atoms with Crippen LogP contribution in [0.2, 0.25) is 0 Å². The summed E-state index contributed by atoms with van der Waals surface area (Å²) in [7, 11) is 0. The number of amides is 1. The molecule has 0 fully saturated rings. The number of carbonyl (C=O) groups excluding carboxylic acids is 1. The molecule has 0 aliphatic carbocycles. The van der Waals surface area contributed by atoms with Gasteiger partial charge >= 0.3 is 0 Å². The maximum Gasteiger partial charge on any atom is 0.260 e. The summed E-state index contributed by atoms with van der Waals surface area (Å²) < 4.78 is 18.7. The van der Waals surface area contributed by atoms with E-state index in [0.29, 0.717) is 18.7 Å². The number of benzene rings is 3. The maximum absolute atomic E-state index is 12.9. The number of hydrogen-bond acceptors (Lipinski definition) is 2. The van der Waals surface area contributed by atoms with E-state index >= 15 is 0 Å². The van der Waals surface area contributed by atoms with Gasteiger partial charge in [-0.1, -0.05) is 48.5 Å². The molecule has 25 heavy (non-hydrogen) atoms. The van der Waals surface area contributed by atoms with Gasteiger partial charge in [-0.15, -0.1) is 0 Å². The fourth-order valence-electron chi connectivity index (χ4n) is 2.67. The summed E-state index contributed by atoms with van der Waals surface area (Å²) in [5.41, 5.74) is 0.976. The molecule has 0 spiro atoms. The van der Waals surface area contributed by atoms with E-state index in [2.05, 4.69) is 5.32 Å². The Bertz CT molecular complexity index is 856. The zero-order chi connectivity index (χ0) is 17.6. The van der Waals surface area contributed by atoms with Crippen LogP contribution in [0, 0.1) is 5.82 Å². The Kier molecular flexibility index (Phi) is 5.29. The van der Waals surface area contributed by atoms with Crippen LogP contribution in [0.3, 0.4) is 0 Å². The number of halogens is 1. The number of fused-ring (bicyclic) bond motifs is 1. The molecular weight excluding hydrogens is 317 g/mol. The average Bonchev–Trinajstić information content (AvgIpc) is 2.63. The zero-order valence-corrected chi connectivity index (χ0v) is 14.0. The molecule has 3 nitrogen and oxygen atoms in total. The molecule has 3 aromatic rings. The largest absolute Gasteiger partial charge is 0.480 e. The summed E-state index contributed by atoms with van der Waals surface area (Å²) >= 11 is 0. The molecule has 3 rings (SSSR count). The Morgan fingerprint density at radius 2 is 1.76 bits per heavy atom. The molecule has 128 valence electrons. The van der Waals surface area contributed by atoms with Crippen LogP contribution in [0.4, 0.5) is 4.39 Å². The molecule has 0 heterocycles. The average molecular weight is 337 g/mol. The van der Waals surface area contributed by atoms with Gasteiger partial charge in [-0.3, -0.25) is 4.79 Å². The minimum absolute atomic E-state index is 0.171. The van der Waals surface area contributed by atoms with Crippen molar-refractivity contribution in [3.8, 4) is 5.75 Å². The fourth-order valence-corrected chi connectivity index (χ4v) is 2.67. The predicted octanol–water partition coefficient (Wildman–Crippen LogP) is 4.11. The van der Waals surface area contributed by atoms with Crippen LogP contribution < -0.4 is 10.1 Å². The topological polar surface area (TPSA) is 38.3 Å². The van der Waals surface area contributed by atoms with Gasteiger partial charge in [-0.05, 0) is 42.5 Å². The van der Waals surface area contributed by atoms with Crippen molar-refractivity contribution in [2.24, 2.45) is 0 Å². The van der Waals surface area contributed by atoms with Gasteiger partial charge in [-0.2, -0.15) is 0 Å². The van der Waals surface area contributed by atoms with Gasteiger partial charge in [0.05, 0.1) is 0 Å². The first kappa shape index (κ1) is 17.0. The van der Waals surface area contributed by atoms with Gasteiger partial charge in [0.2, 0.25) is 0 Å². The Morgan fingerprint density at radius 3 is 2.56 bits per heavy atom. The molecule has 0 bridgehead atoms. The van der Waals surface area contributed by atoms with Crippen LogP contribution in [0.25, 0.3) is 10.8 Å². The van der Waals surface area contributed by atoms with Crippen LogP contribution in [0.1, 0.15) is 12.5 Å². The lowest BCUT2D eigenvalue weighted by Gasteiger charge is -2.16. The Morgan fingerprint density at radius 1 is 1.04 bits per heavy atom. The van der Waals surface area contributed by atoms with Crippen molar-refractivity contribution >= 4 is 16.7 Å². The van der Waals surface area contributed by atoms with E-state index in [-0.39, 0.29) is 11.7 Å². The molecule has 1 unspecified atom stereocenters. The molecule has 3 aromatic carbocycles. The van der Waals surface area contributed by atoms with Crippen molar-refractivity contribution in [1.29, 1.82) is 0 Å². The Balaban J connectivity index is 1.56. The smallest absolute Gasteiger partial charge is 0.260 e. The SMILES string of the molecule is CC(Oc1cccc2ccccc12)C(=O)NCCc1ccc(F)cc1. The van der Waals surface area contributed by atoms with Gasteiger partial charge in [-0.25, -0.2) is 4.39 Å². The summed E-state index contributed by atoms with van der Waals surface area (Å²) in [6, 6.07) is 20.0. The molecule has 0 aliphatic heterocycles. The van der Waals surface area contributed by atoms with Crippen LogP contribution in [0.5, 0.6) is 5.75 Å². The normalized spacial score (nSPS) is 11.9. The highest BCUT2D eigenvalue weighted by Crippen LogP contribution is 2.26. The second-order valence-corrected chi connectivity index (χ2v) is 5.90. The second kappa shape index (κ2) is 7.79. The quantitative estimate of drug-likeness (QED) is 0.735. The van der Waals surface area contributed by atoms with Crippen molar-refractivity contribution in [2.45, 2.75) is 19.4 Å². The highest BCUT2D eigenvalue weighted by molar-refractivity contribution is 5.89. The molecule has 0 saturated carbocycles. The van der Waals surface area contributed by atoms with Gasteiger partial charge in [0.1, 0.15) is 11.6 Å². The summed E-state index contributed by atoms with van der Waals surface area (Å²) in [5.74, 6) is 0.263. The number of rotatable bonds is 6. The van der Waals surface area contributed by atoms with E-state index in [1.54, 1.807) is 19.1 Å². The van der Waals surface area contributed by atoms with Crippen molar-refractivity contribution < 1.29 is 13.9 Å². The highest BCUT2D eigenvalue weighted by Gasteiger charge is 2.15. The third kappa shape index (κ3) is 4.35. The highest BCUT2D eigenvalue weighted by atomic mass is 19.1. The lowest BCUT2D eigenvalue weighted by Crippen LogP contribution is -2.37. The molecule has 0 aliphatic rings. The van der Waals surface area contributed by atoms with Crippen LogP contribution in [0.15, 0.2) is 66.7 Å². The van der Waals surface area contributed by atoms with Crippen molar-refractivity contribution in [3.63, 3.8) is 0 Å². The van der Waals surface area contributed by atoms with E-state index in [4.69, 9.17) is 4.74 Å². The first-order valence-corrected chi connectivity index (χ1v) is 8.30. The number of carbonyl (C=O) groups is 1. The van der Waals surface area contributed by atoms with E-state index in [9.17, 15) is 9.18 Å². The van der Waals surface area contributed by atoms with Crippen LogP contribution in [-0.2, 0) is 11.2 Å². The molecule has 1 amide bonds. The second-order valence-electron chi connectivity index (χ2n) is 5.90. The molecule has 0 aromatic heterocycles. The molecule has 1 atom stereocenters. The van der Waals surface area contributed by atoms with Crippen LogP contribution in [-0.4, -0.2) is 18.6 Å². The summed E-state index contributed by atoms with van der Waals surface area (Å²) in [6.07, 6.45) is 0.0477. The molecular formula is C21H20FNO2.